The second kappa shape index (κ2) is 6.74. The molecule has 3 aromatic rings. The number of hydrogen-bond donors (Lipinski definition) is 1. The topological polar surface area (TPSA) is 86.1 Å². The van der Waals surface area contributed by atoms with Crippen molar-refractivity contribution in [2.45, 2.75) is 0 Å². The minimum atomic E-state index is -0.502. The number of nitrogens with zero attached hydrogens (tertiary/aromatic N) is 3. The molecule has 0 spiro atoms. The summed E-state index contributed by atoms with van der Waals surface area (Å²) < 4.78 is 6.63. The third-order valence-corrected chi connectivity index (χ3v) is 3.31. The first-order valence-corrected chi connectivity index (χ1v) is 7.14. The molecule has 0 fully saturated rings. The van der Waals surface area contributed by atoms with Crippen LogP contribution in [0.5, 0.6) is 5.75 Å². The highest BCUT2D eigenvalue weighted by molar-refractivity contribution is 6.02. The van der Waals surface area contributed by atoms with E-state index in [1.165, 1.54) is 30.3 Å². The van der Waals surface area contributed by atoms with Gasteiger partial charge in [0.2, 0.25) is 0 Å². The molecule has 24 heavy (non-hydrogen) atoms. The molecule has 0 saturated carbocycles. The average molecular weight is 322 g/mol. The van der Waals surface area contributed by atoms with E-state index in [-0.39, 0.29) is 11.5 Å². The summed E-state index contributed by atoms with van der Waals surface area (Å²) in [6.45, 7) is 0. The van der Waals surface area contributed by atoms with Gasteiger partial charge in [-0.3, -0.25) is 19.1 Å². The van der Waals surface area contributed by atoms with Gasteiger partial charge in [-0.1, -0.05) is 18.2 Å². The van der Waals surface area contributed by atoms with Crippen LogP contribution in [0, 0.1) is 0 Å². The van der Waals surface area contributed by atoms with E-state index in [0.717, 1.165) is 0 Å². The van der Waals surface area contributed by atoms with E-state index in [2.05, 4.69) is 15.3 Å². The molecule has 0 aliphatic carbocycles. The minimum Gasteiger partial charge on any atom is -0.495 e. The summed E-state index contributed by atoms with van der Waals surface area (Å²) in [6, 6.07) is 12.0. The van der Waals surface area contributed by atoms with Crippen molar-refractivity contribution < 1.29 is 9.53 Å². The highest BCUT2D eigenvalue weighted by atomic mass is 16.5. The number of para-hydroxylation sites is 2. The van der Waals surface area contributed by atoms with Crippen LogP contribution in [0.15, 0.2) is 65.8 Å². The molecule has 0 radical (unpaired) electrons. The van der Waals surface area contributed by atoms with Crippen molar-refractivity contribution in [2.75, 3.05) is 12.4 Å². The number of aromatic nitrogens is 3. The molecule has 1 aromatic carbocycles. The summed E-state index contributed by atoms with van der Waals surface area (Å²) >= 11 is 0. The molecular formula is C17H14N4O3. The molecule has 7 nitrogen and oxygen atoms in total. The fourth-order valence-electron chi connectivity index (χ4n) is 2.18. The summed E-state index contributed by atoms with van der Waals surface area (Å²) in [5.74, 6) is -0.0511. The van der Waals surface area contributed by atoms with Gasteiger partial charge in [0.05, 0.1) is 12.8 Å². The molecule has 2 heterocycles. The zero-order valence-electron chi connectivity index (χ0n) is 12.8. The summed E-state index contributed by atoms with van der Waals surface area (Å²) in [5.41, 5.74) is 0.290. The van der Waals surface area contributed by atoms with Crippen molar-refractivity contribution in [2.24, 2.45) is 0 Å². The first-order valence-electron chi connectivity index (χ1n) is 7.14. The number of nitrogens with one attached hydrogen (secondary N) is 1. The lowest BCUT2D eigenvalue weighted by Gasteiger charge is -2.11. The number of anilines is 1. The van der Waals surface area contributed by atoms with Gasteiger partial charge in [-0.05, 0) is 24.3 Å². The molecule has 2 aromatic heterocycles. The minimum absolute atomic E-state index is 0.0842. The second-order valence-electron chi connectivity index (χ2n) is 4.79. The van der Waals surface area contributed by atoms with Gasteiger partial charge in [0.25, 0.3) is 11.5 Å². The van der Waals surface area contributed by atoms with Crippen LogP contribution >= 0.6 is 0 Å². The van der Waals surface area contributed by atoms with Gasteiger partial charge in [-0.2, -0.15) is 0 Å². The predicted octanol–water partition coefficient (Wildman–Crippen LogP) is 1.89. The van der Waals surface area contributed by atoms with Gasteiger partial charge < -0.3 is 10.1 Å². The molecule has 1 amide bonds. The zero-order valence-corrected chi connectivity index (χ0v) is 12.8. The van der Waals surface area contributed by atoms with Crippen LogP contribution in [0.1, 0.15) is 10.5 Å². The van der Waals surface area contributed by atoms with Crippen LogP contribution in [-0.2, 0) is 0 Å². The maximum absolute atomic E-state index is 12.6. The Labute approximate surface area is 137 Å². The number of ether oxygens (including phenoxy) is 1. The molecular weight excluding hydrogens is 308 g/mol. The lowest BCUT2D eigenvalue weighted by molar-refractivity contribution is 0.102. The fraction of sp³-hybridized carbons (Fsp3) is 0.0588. The number of carbonyl (C=O) groups is 1. The maximum Gasteiger partial charge on any atom is 0.298 e. The van der Waals surface area contributed by atoms with E-state index in [1.807, 2.05) is 0 Å². The molecule has 7 heteroatoms. The molecule has 0 atom stereocenters. The van der Waals surface area contributed by atoms with Crippen LogP contribution in [-0.4, -0.2) is 27.6 Å². The number of methoxy groups -OCH3 is 1. The van der Waals surface area contributed by atoms with Gasteiger partial charge in [0, 0.05) is 18.6 Å². The SMILES string of the molecule is COc1ccccc1-n1ccnc(NC(=O)c2ccccn2)c1=O. The Hall–Kier alpha value is -3.48. The molecule has 0 aliphatic heterocycles. The Morgan fingerprint density at radius 3 is 2.62 bits per heavy atom. The molecule has 120 valence electrons. The van der Waals surface area contributed by atoms with Crippen molar-refractivity contribution in [3.05, 3.63) is 77.1 Å². The lowest BCUT2D eigenvalue weighted by atomic mass is 10.3. The first kappa shape index (κ1) is 15.4. The Morgan fingerprint density at radius 2 is 1.88 bits per heavy atom. The van der Waals surface area contributed by atoms with E-state index in [9.17, 15) is 9.59 Å². The predicted molar refractivity (Wildman–Crippen MR) is 88.6 cm³/mol. The summed E-state index contributed by atoms with van der Waals surface area (Å²) in [7, 11) is 1.52. The molecule has 0 unspecified atom stereocenters. The smallest absolute Gasteiger partial charge is 0.298 e. The molecule has 0 bridgehead atoms. The van der Waals surface area contributed by atoms with E-state index >= 15 is 0 Å². The Kier molecular flexibility index (Phi) is 4.33. The van der Waals surface area contributed by atoms with Crippen LogP contribution in [0.4, 0.5) is 5.82 Å². The first-order chi connectivity index (χ1) is 11.7. The van der Waals surface area contributed by atoms with Crippen LogP contribution in [0.3, 0.4) is 0 Å². The monoisotopic (exact) mass is 322 g/mol. The summed E-state index contributed by atoms with van der Waals surface area (Å²) in [6.07, 6.45) is 4.44. The Morgan fingerprint density at radius 1 is 1.08 bits per heavy atom. The number of hydrogen-bond acceptors (Lipinski definition) is 5. The zero-order chi connectivity index (χ0) is 16.9. The largest absolute Gasteiger partial charge is 0.495 e. The highest BCUT2D eigenvalue weighted by Gasteiger charge is 2.14. The number of benzene rings is 1. The molecule has 3 rings (SSSR count). The van der Waals surface area contributed by atoms with E-state index < -0.39 is 11.5 Å². The normalized spacial score (nSPS) is 10.2. The molecule has 0 saturated heterocycles. The van der Waals surface area contributed by atoms with Gasteiger partial charge in [-0.25, -0.2) is 4.98 Å². The molecule has 0 aliphatic rings. The number of pyridine rings is 1. The number of carbonyl (C=O) groups excluding carboxylic acids is 1. The number of rotatable bonds is 4. The standard InChI is InChI=1S/C17H14N4O3/c1-24-14-8-3-2-7-13(14)21-11-10-19-15(17(21)23)20-16(22)12-6-4-5-9-18-12/h2-11H,1H3,(H,19,20,22). The van der Waals surface area contributed by atoms with Crippen molar-refractivity contribution in [1.82, 2.24) is 14.5 Å². The fourth-order valence-corrected chi connectivity index (χ4v) is 2.18. The van der Waals surface area contributed by atoms with Crippen LogP contribution < -0.4 is 15.6 Å². The third kappa shape index (κ3) is 3.00. The lowest BCUT2D eigenvalue weighted by Crippen LogP contribution is -2.26. The van der Waals surface area contributed by atoms with Gasteiger partial charge >= 0.3 is 0 Å². The van der Waals surface area contributed by atoms with Crippen molar-refractivity contribution in [1.29, 1.82) is 0 Å². The average Bonchev–Trinajstić information content (AvgIpc) is 2.64. The number of amides is 1. The van der Waals surface area contributed by atoms with Crippen molar-refractivity contribution in [3.8, 4) is 11.4 Å². The van der Waals surface area contributed by atoms with E-state index in [1.54, 1.807) is 42.5 Å². The van der Waals surface area contributed by atoms with Crippen LogP contribution in [0.25, 0.3) is 5.69 Å². The van der Waals surface area contributed by atoms with Gasteiger partial charge in [0.15, 0.2) is 5.82 Å². The second-order valence-corrected chi connectivity index (χ2v) is 4.79. The molecule has 1 N–H and O–H groups in total. The van der Waals surface area contributed by atoms with Gasteiger partial charge in [0.1, 0.15) is 11.4 Å². The highest BCUT2D eigenvalue weighted by Crippen LogP contribution is 2.20. The summed E-state index contributed by atoms with van der Waals surface area (Å²) in [5, 5.41) is 2.49. The van der Waals surface area contributed by atoms with E-state index in [0.29, 0.717) is 11.4 Å². The third-order valence-electron chi connectivity index (χ3n) is 3.31. The Balaban J connectivity index is 1.97. The maximum atomic E-state index is 12.6. The van der Waals surface area contributed by atoms with Crippen molar-refractivity contribution in [3.63, 3.8) is 0 Å². The van der Waals surface area contributed by atoms with Gasteiger partial charge in [-0.15, -0.1) is 0 Å². The van der Waals surface area contributed by atoms with Crippen molar-refractivity contribution >= 4 is 11.7 Å². The summed E-state index contributed by atoms with van der Waals surface area (Å²) in [4.78, 5) is 32.7. The van der Waals surface area contributed by atoms with E-state index in [4.69, 9.17) is 4.74 Å². The quantitative estimate of drug-likeness (QED) is 0.792. The Bertz CT molecular complexity index is 922. The van der Waals surface area contributed by atoms with Crippen LogP contribution in [0.2, 0.25) is 0 Å².